The summed E-state index contributed by atoms with van der Waals surface area (Å²) >= 11 is 1.44. The molecule has 1 aliphatic heterocycles. The molecule has 0 saturated carbocycles. The van der Waals surface area contributed by atoms with Gasteiger partial charge in [-0.25, -0.2) is 4.79 Å². The summed E-state index contributed by atoms with van der Waals surface area (Å²) in [6.45, 7) is 0. The van der Waals surface area contributed by atoms with Gasteiger partial charge in [-0.3, -0.25) is 0 Å². The highest BCUT2D eigenvalue weighted by Crippen LogP contribution is 2.25. The minimum Gasteiger partial charge on any atom is -0.473 e. The molecule has 0 fully saturated rings. The first kappa shape index (κ1) is 5.91. The van der Waals surface area contributed by atoms with Gasteiger partial charge in [-0.15, -0.1) is 0 Å². The van der Waals surface area contributed by atoms with E-state index >= 15 is 0 Å². The Balaban J connectivity index is 2.72. The van der Waals surface area contributed by atoms with Crippen molar-refractivity contribution < 1.29 is 9.90 Å². The van der Waals surface area contributed by atoms with Gasteiger partial charge in [-0.1, -0.05) is 11.8 Å². The van der Waals surface area contributed by atoms with Gasteiger partial charge in [-0.2, -0.15) is 0 Å². The first-order valence-corrected chi connectivity index (χ1v) is 4.20. The van der Waals surface area contributed by atoms with Crippen molar-refractivity contribution in [3.8, 4) is 0 Å². The number of carbonyl (C=O) groups is 1. The van der Waals surface area contributed by atoms with Crippen LogP contribution in [0.25, 0.3) is 0 Å². The molecule has 1 unspecified atom stereocenters. The second kappa shape index (κ2) is 2.37. The highest BCUT2D eigenvalue weighted by Gasteiger charge is 2.02. The number of hydrogen-bond donors (Lipinski definition) is 1. The fraction of sp³-hybridized carbons (Fsp3) is 0. The van der Waals surface area contributed by atoms with E-state index in [9.17, 15) is 4.79 Å². The number of hydrogen-bond acceptors (Lipinski definition) is 2. The standard InChI is InChI=1S/C4H4O2S2/c5-4(6)8-2-1-7-3-8/h1-3H,(H,5,6). The van der Waals surface area contributed by atoms with Crippen LogP contribution in [0.3, 0.4) is 0 Å². The predicted octanol–water partition coefficient (Wildman–Crippen LogP) is 1.91. The van der Waals surface area contributed by atoms with Crippen LogP contribution in [0.15, 0.2) is 10.8 Å². The fourth-order valence-corrected chi connectivity index (χ4v) is 2.49. The Morgan fingerprint density at radius 1 is 1.75 bits per heavy atom. The van der Waals surface area contributed by atoms with E-state index in [1.807, 2.05) is 0 Å². The molecule has 1 N–H and O–H groups in total. The Morgan fingerprint density at radius 2 is 2.50 bits per heavy atom. The first-order valence-electron chi connectivity index (χ1n) is 1.91. The van der Waals surface area contributed by atoms with Crippen LogP contribution in [0.2, 0.25) is 0 Å². The maximum absolute atomic E-state index is 10.1. The van der Waals surface area contributed by atoms with E-state index in [4.69, 9.17) is 5.11 Å². The van der Waals surface area contributed by atoms with Crippen LogP contribution in [0.5, 0.6) is 0 Å². The molecule has 2 nitrogen and oxygen atoms in total. The fourth-order valence-electron chi connectivity index (χ4n) is 0.315. The van der Waals surface area contributed by atoms with Crippen LogP contribution < -0.4 is 0 Å². The van der Waals surface area contributed by atoms with E-state index in [1.165, 1.54) is 11.8 Å². The zero-order valence-electron chi connectivity index (χ0n) is 3.90. The van der Waals surface area contributed by atoms with E-state index in [-0.39, 0.29) is 0 Å². The largest absolute Gasteiger partial charge is 0.473 e. The molecule has 1 heterocycles. The lowest BCUT2D eigenvalue weighted by Gasteiger charge is -1.84. The van der Waals surface area contributed by atoms with Crippen molar-refractivity contribution in [2.45, 2.75) is 0 Å². The Morgan fingerprint density at radius 3 is 2.75 bits per heavy atom. The zero-order valence-corrected chi connectivity index (χ0v) is 5.54. The van der Waals surface area contributed by atoms with E-state index in [0.717, 1.165) is 0 Å². The minimum absolute atomic E-state index is 0.605. The summed E-state index contributed by atoms with van der Waals surface area (Å²) in [7, 11) is -0.605. The van der Waals surface area contributed by atoms with Gasteiger partial charge in [0.2, 0.25) is 0 Å². The Hall–Kier alpha value is -0.220. The van der Waals surface area contributed by atoms with E-state index < -0.39 is 15.8 Å². The van der Waals surface area contributed by atoms with Crippen molar-refractivity contribution in [1.29, 1.82) is 0 Å². The maximum atomic E-state index is 10.1. The van der Waals surface area contributed by atoms with Gasteiger partial charge < -0.3 is 5.11 Å². The average molecular weight is 148 g/mol. The Labute approximate surface area is 53.5 Å². The van der Waals surface area contributed by atoms with Gasteiger partial charge in [0, 0.05) is 4.70 Å². The monoisotopic (exact) mass is 148 g/mol. The average Bonchev–Trinajstić information content (AvgIpc) is 2.12. The predicted molar refractivity (Wildman–Crippen MR) is 38.4 cm³/mol. The van der Waals surface area contributed by atoms with Crippen LogP contribution in [0, 0.1) is 0 Å². The van der Waals surface area contributed by atoms with Crippen LogP contribution >= 0.6 is 22.2 Å². The normalized spacial score (nSPS) is 25.2. The smallest absolute Gasteiger partial charge is 0.363 e. The third-order valence-electron chi connectivity index (χ3n) is 0.642. The van der Waals surface area contributed by atoms with Gasteiger partial charge in [0.25, 0.3) is 0 Å². The van der Waals surface area contributed by atoms with E-state index in [2.05, 4.69) is 0 Å². The summed E-state index contributed by atoms with van der Waals surface area (Å²) in [5.41, 5.74) is 0. The summed E-state index contributed by atoms with van der Waals surface area (Å²) < 4.78 is 1.71. The lowest BCUT2D eigenvalue weighted by atomic mass is 11.3. The molecule has 0 aliphatic carbocycles. The summed E-state index contributed by atoms with van der Waals surface area (Å²) in [5, 5.41) is 11.1. The van der Waals surface area contributed by atoms with Crippen molar-refractivity contribution in [3.63, 3.8) is 0 Å². The molecule has 0 saturated heterocycles. The molecule has 0 aromatic carbocycles. The molecule has 8 heavy (non-hydrogen) atoms. The molecule has 44 valence electrons. The van der Waals surface area contributed by atoms with Crippen LogP contribution in [0.1, 0.15) is 0 Å². The number of carboxylic acid groups (broad SMARTS) is 1. The highest BCUT2D eigenvalue weighted by atomic mass is 32.2. The molecule has 0 aromatic heterocycles. The molecular formula is C4H4O2S2. The second-order valence-electron chi connectivity index (χ2n) is 1.14. The molecule has 0 aromatic rings. The molecule has 0 spiro atoms. The summed E-state index contributed by atoms with van der Waals surface area (Å²) in [4.78, 5) is 10.1. The Kier molecular flexibility index (Phi) is 1.75. The minimum atomic E-state index is -0.744. The van der Waals surface area contributed by atoms with Gasteiger partial charge in [-0.05, 0) is 21.3 Å². The number of rotatable bonds is 0. The van der Waals surface area contributed by atoms with Gasteiger partial charge in [0.05, 0.1) is 0 Å². The molecular weight excluding hydrogens is 144 g/mol. The molecule has 1 aliphatic rings. The lowest BCUT2D eigenvalue weighted by molar-refractivity contribution is 0.222. The topological polar surface area (TPSA) is 37.3 Å². The van der Waals surface area contributed by atoms with Crippen molar-refractivity contribution in [1.82, 2.24) is 0 Å². The summed E-state index contributed by atoms with van der Waals surface area (Å²) in [6.07, 6.45) is 0. The molecule has 0 bridgehead atoms. The second-order valence-corrected chi connectivity index (χ2v) is 3.82. The molecule has 1 rings (SSSR count). The molecule has 0 amide bonds. The van der Waals surface area contributed by atoms with Crippen LogP contribution in [0.4, 0.5) is 4.79 Å². The number of thioether (sulfide) groups is 1. The van der Waals surface area contributed by atoms with E-state index in [1.54, 1.807) is 15.5 Å². The third-order valence-corrected chi connectivity index (χ3v) is 3.21. The molecule has 4 heteroatoms. The van der Waals surface area contributed by atoms with E-state index in [0.29, 0.717) is 0 Å². The van der Waals surface area contributed by atoms with Crippen molar-refractivity contribution in [3.05, 3.63) is 10.8 Å². The van der Waals surface area contributed by atoms with Crippen molar-refractivity contribution in [2.24, 2.45) is 0 Å². The molecule has 0 radical (unpaired) electrons. The zero-order chi connectivity index (χ0) is 5.98. The maximum Gasteiger partial charge on any atom is 0.363 e. The van der Waals surface area contributed by atoms with Crippen LogP contribution in [-0.4, -0.2) is 15.1 Å². The van der Waals surface area contributed by atoms with Crippen molar-refractivity contribution >= 4 is 32.2 Å². The van der Waals surface area contributed by atoms with Crippen LogP contribution in [-0.2, 0) is 0 Å². The van der Waals surface area contributed by atoms with Crippen molar-refractivity contribution in [2.75, 3.05) is 0 Å². The lowest BCUT2D eigenvalue weighted by Crippen LogP contribution is -1.81. The quantitative estimate of drug-likeness (QED) is 0.533. The van der Waals surface area contributed by atoms with Gasteiger partial charge in [0.1, 0.15) is 0 Å². The van der Waals surface area contributed by atoms with Gasteiger partial charge >= 0.3 is 5.30 Å². The third kappa shape index (κ3) is 1.14. The summed E-state index contributed by atoms with van der Waals surface area (Å²) in [5.74, 6) is 0. The molecule has 1 atom stereocenters. The van der Waals surface area contributed by atoms with Gasteiger partial charge in [0.15, 0.2) is 0 Å². The SMILES string of the molecule is O=C(O)S1=CSC=C1. The first-order chi connectivity index (χ1) is 3.80. The highest BCUT2D eigenvalue weighted by molar-refractivity contribution is 8.43. The Bertz CT molecular complexity index is 171. The summed E-state index contributed by atoms with van der Waals surface area (Å²) in [6, 6.07) is 0.